The number of hydrogen-bond acceptors (Lipinski definition) is 3. The number of anilines is 1. The molecule has 8 heteroatoms. The first-order valence-electron chi connectivity index (χ1n) is 7.05. The van der Waals surface area contributed by atoms with Crippen molar-refractivity contribution in [2.75, 3.05) is 4.72 Å². The van der Waals surface area contributed by atoms with E-state index in [0.29, 0.717) is 5.75 Å². The van der Waals surface area contributed by atoms with E-state index in [1.54, 1.807) is 12.1 Å². The molecule has 0 fully saturated rings. The van der Waals surface area contributed by atoms with Crippen LogP contribution in [0.15, 0.2) is 53.4 Å². The molecule has 0 spiro atoms. The van der Waals surface area contributed by atoms with Gasteiger partial charge in [-0.25, -0.2) is 8.42 Å². The maximum absolute atomic E-state index is 12.5. The quantitative estimate of drug-likeness (QED) is 0.866. The second kappa shape index (κ2) is 6.72. The Kier molecular flexibility index (Phi) is 5.08. The molecule has 0 aliphatic carbocycles. The fourth-order valence-electron chi connectivity index (χ4n) is 1.91. The minimum atomic E-state index is -4.51. The Balaban J connectivity index is 2.16. The Bertz CT molecular complexity index is 783. The Morgan fingerprint density at radius 2 is 1.50 bits per heavy atom. The van der Waals surface area contributed by atoms with Crippen LogP contribution in [-0.4, -0.2) is 14.5 Å². The maximum atomic E-state index is 12.5. The number of alkyl halides is 3. The minimum Gasteiger partial charge on any atom is -0.491 e. The molecular weight excluding hydrogens is 343 g/mol. The number of ether oxygens (including phenoxy) is 1. The van der Waals surface area contributed by atoms with Crippen LogP contribution in [0.4, 0.5) is 18.9 Å². The van der Waals surface area contributed by atoms with Crippen molar-refractivity contribution >= 4 is 15.7 Å². The highest BCUT2D eigenvalue weighted by Crippen LogP contribution is 2.30. The molecule has 4 nitrogen and oxygen atoms in total. The van der Waals surface area contributed by atoms with Crippen LogP contribution < -0.4 is 9.46 Å². The molecule has 0 amide bonds. The summed E-state index contributed by atoms with van der Waals surface area (Å²) in [6.07, 6.45) is -4.53. The van der Waals surface area contributed by atoms with E-state index in [-0.39, 0.29) is 16.7 Å². The van der Waals surface area contributed by atoms with Gasteiger partial charge in [0.25, 0.3) is 10.0 Å². The van der Waals surface area contributed by atoms with Gasteiger partial charge in [-0.1, -0.05) is 0 Å². The van der Waals surface area contributed by atoms with E-state index >= 15 is 0 Å². The predicted molar refractivity (Wildman–Crippen MR) is 84.5 cm³/mol. The lowest BCUT2D eigenvalue weighted by Crippen LogP contribution is -2.13. The Hall–Kier alpha value is -2.22. The molecule has 0 saturated carbocycles. The van der Waals surface area contributed by atoms with Gasteiger partial charge >= 0.3 is 6.18 Å². The van der Waals surface area contributed by atoms with Crippen LogP contribution in [0.25, 0.3) is 0 Å². The lowest BCUT2D eigenvalue weighted by Gasteiger charge is -2.12. The molecule has 0 unspecified atom stereocenters. The van der Waals surface area contributed by atoms with Crippen LogP contribution in [0.1, 0.15) is 19.4 Å². The molecule has 0 saturated heterocycles. The molecule has 24 heavy (non-hydrogen) atoms. The molecule has 2 aromatic rings. The van der Waals surface area contributed by atoms with E-state index in [1.807, 2.05) is 13.8 Å². The van der Waals surface area contributed by atoms with E-state index in [2.05, 4.69) is 4.72 Å². The number of sulfonamides is 1. The van der Waals surface area contributed by atoms with Crippen molar-refractivity contribution in [2.24, 2.45) is 0 Å². The molecular formula is C16H16F3NO3S. The second-order valence-electron chi connectivity index (χ2n) is 5.32. The largest absolute Gasteiger partial charge is 0.491 e. The first kappa shape index (κ1) is 18.1. The van der Waals surface area contributed by atoms with Crippen molar-refractivity contribution in [2.45, 2.75) is 31.0 Å². The molecule has 0 aliphatic heterocycles. The average molecular weight is 359 g/mol. The third kappa shape index (κ3) is 4.64. The number of hydrogen-bond donors (Lipinski definition) is 1. The van der Waals surface area contributed by atoms with Crippen molar-refractivity contribution in [3.8, 4) is 5.75 Å². The molecule has 0 heterocycles. The van der Waals surface area contributed by atoms with Gasteiger partial charge in [-0.3, -0.25) is 4.72 Å². The minimum absolute atomic E-state index is 0.0142. The molecule has 2 rings (SSSR count). The molecule has 1 N–H and O–H groups in total. The first-order chi connectivity index (χ1) is 11.1. The lowest BCUT2D eigenvalue weighted by molar-refractivity contribution is -0.137. The Morgan fingerprint density at radius 3 is 1.96 bits per heavy atom. The summed E-state index contributed by atoms with van der Waals surface area (Å²) in [5.74, 6) is 0.586. The first-order valence-corrected chi connectivity index (χ1v) is 8.53. The fraction of sp³-hybridized carbons (Fsp3) is 0.250. The van der Waals surface area contributed by atoms with E-state index < -0.39 is 21.8 Å². The third-order valence-electron chi connectivity index (χ3n) is 2.97. The average Bonchev–Trinajstić information content (AvgIpc) is 2.48. The standard InChI is InChI=1S/C16H16F3NO3S/c1-11(2)23-14-7-5-13(6-8-14)20-24(21,22)15-9-3-12(4-10-15)16(17,18)19/h3-11,20H,1-2H3. The number of halogens is 3. The summed E-state index contributed by atoms with van der Waals surface area (Å²) in [6.45, 7) is 3.72. The van der Waals surface area contributed by atoms with Crippen molar-refractivity contribution in [1.29, 1.82) is 0 Å². The normalized spacial score (nSPS) is 12.2. The fourth-order valence-corrected chi connectivity index (χ4v) is 2.97. The van der Waals surface area contributed by atoms with E-state index in [0.717, 1.165) is 24.3 Å². The van der Waals surface area contributed by atoms with Crippen molar-refractivity contribution in [1.82, 2.24) is 0 Å². The number of rotatable bonds is 5. The smallest absolute Gasteiger partial charge is 0.416 e. The summed E-state index contributed by atoms with van der Waals surface area (Å²) in [5, 5.41) is 0. The maximum Gasteiger partial charge on any atom is 0.416 e. The van der Waals surface area contributed by atoms with Crippen molar-refractivity contribution < 1.29 is 26.3 Å². The highest BCUT2D eigenvalue weighted by molar-refractivity contribution is 7.92. The van der Waals surface area contributed by atoms with Gasteiger partial charge in [-0.05, 0) is 62.4 Å². The highest BCUT2D eigenvalue weighted by atomic mass is 32.2. The van der Waals surface area contributed by atoms with Gasteiger partial charge in [0.15, 0.2) is 0 Å². The predicted octanol–water partition coefficient (Wildman–Crippen LogP) is 4.29. The molecule has 0 aliphatic rings. The molecule has 0 aromatic heterocycles. The van der Waals surface area contributed by atoms with Gasteiger partial charge in [0.1, 0.15) is 5.75 Å². The van der Waals surface area contributed by atoms with E-state index in [4.69, 9.17) is 4.74 Å². The highest BCUT2D eigenvalue weighted by Gasteiger charge is 2.30. The van der Waals surface area contributed by atoms with Crippen LogP contribution in [-0.2, 0) is 16.2 Å². The van der Waals surface area contributed by atoms with Gasteiger partial charge in [0.2, 0.25) is 0 Å². The summed E-state index contributed by atoms with van der Waals surface area (Å²) in [7, 11) is -3.97. The monoisotopic (exact) mass is 359 g/mol. The van der Waals surface area contributed by atoms with Gasteiger partial charge < -0.3 is 4.74 Å². The summed E-state index contributed by atoms with van der Waals surface area (Å²) in [5.41, 5.74) is -0.623. The Morgan fingerprint density at radius 1 is 0.958 bits per heavy atom. The summed E-state index contributed by atoms with van der Waals surface area (Å²) >= 11 is 0. The topological polar surface area (TPSA) is 55.4 Å². The van der Waals surface area contributed by atoms with Crippen molar-refractivity contribution in [3.63, 3.8) is 0 Å². The van der Waals surface area contributed by atoms with Crippen LogP contribution in [0.5, 0.6) is 5.75 Å². The molecule has 0 bridgehead atoms. The Labute approximate surface area is 138 Å². The number of nitrogens with one attached hydrogen (secondary N) is 1. The van der Waals surface area contributed by atoms with Gasteiger partial charge in [0.05, 0.1) is 16.6 Å². The third-order valence-corrected chi connectivity index (χ3v) is 4.37. The van der Waals surface area contributed by atoms with Gasteiger partial charge in [-0.2, -0.15) is 13.2 Å². The van der Waals surface area contributed by atoms with E-state index in [9.17, 15) is 21.6 Å². The summed E-state index contributed by atoms with van der Waals surface area (Å²) < 4.78 is 69.7. The van der Waals surface area contributed by atoms with Crippen LogP contribution >= 0.6 is 0 Å². The zero-order valence-electron chi connectivity index (χ0n) is 13.0. The van der Waals surface area contributed by atoms with Crippen LogP contribution in [0.2, 0.25) is 0 Å². The lowest BCUT2D eigenvalue weighted by atomic mass is 10.2. The number of benzene rings is 2. The SMILES string of the molecule is CC(C)Oc1ccc(NS(=O)(=O)c2ccc(C(F)(F)F)cc2)cc1. The molecule has 2 aromatic carbocycles. The van der Waals surface area contributed by atoms with Gasteiger partial charge in [0, 0.05) is 5.69 Å². The zero-order valence-corrected chi connectivity index (χ0v) is 13.8. The molecule has 130 valence electrons. The van der Waals surface area contributed by atoms with Gasteiger partial charge in [-0.15, -0.1) is 0 Å². The molecule has 0 radical (unpaired) electrons. The van der Waals surface area contributed by atoms with Crippen LogP contribution in [0, 0.1) is 0 Å². The van der Waals surface area contributed by atoms with Crippen LogP contribution in [0.3, 0.4) is 0 Å². The molecule has 0 atom stereocenters. The summed E-state index contributed by atoms with van der Waals surface area (Å²) in [6, 6.07) is 9.53. The zero-order chi connectivity index (χ0) is 18.0. The second-order valence-corrected chi connectivity index (χ2v) is 7.00. The van der Waals surface area contributed by atoms with Crippen molar-refractivity contribution in [3.05, 3.63) is 54.1 Å². The van der Waals surface area contributed by atoms with E-state index in [1.165, 1.54) is 12.1 Å². The summed E-state index contributed by atoms with van der Waals surface area (Å²) in [4.78, 5) is -0.252.